The van der Waals surface area contributed by atoms with Crippen LogP contribution < -0.4 is 5.73 Å². The first-order valence-corrected chi connectivity index (χ1v) is 5.03. The van der Waals surface area contributed by atoms with E-state index in [1.54, 1.807) is 6.92 Å². The van der Waals surface area contributed by atoms with Crippen LogP contribution in [0.25, 0.3) is 0 Å². The van der Waals surface area contributed by atoms with Crippen LogP contribution in [-0.2, 0) is 0 Å². The number of hydrogen-bond donors (Lipinski definition) is 1. The first-order valence-electron chi connectivity index (χ1n) is 5.03. The first kappa shape index (κ1) is 10.5. The van der Waals surface area contributed by atoms with Crippen LogP contribution in [0.15, 0.2) is 0 Å². The molecule has 1 rings (SSSR count). The summed E-state index contributed by atoms with van der Waals surface area (Å²) in [4.78, 5) is 2.35. The van der Waals surface area contributed by atoms with Crippen molar-refractivity contribution in [3.63, 3.8) is 0 Å². The van der Waals surface area contributed by atoms with Crippen molar-refractivity contribution >= 4 is 0 Å². The molecular weight excluding hydrogens is 162 g/mol. The van der Waals surface area contributed by atoms with Crippen molar-refractivity contribution in [1.29, 1.82) is 5.26 Å². The number of nitriles is 1. The summed E-state index contributed by atoms with van der Waals surface area (Å²) in [5, 5.41) is 8.81. The maximum atomic E-state index is 8.81. The Hall–Kier alpha value is -0.590. The molecule has 3 heteroatoms. The first-order chi connectivity index (χ1) is 6.09. The Morgan fingerprint density at radius 1 is 1.62 bits per heavy atom. The van der Waals surface area contributed by atoms with E-state index >= 15 is 0 Å². The third kappa shape index (κ3) is 3.33. The third-order valence-corrected chi connectivity index (χ3v) is 2.36. The second kappa shape index (κ2) is 4.08. The smallest absolute Gasteiger partial charge is 0.114 e. The Bertz CT molecular complexity index is 201. The Balaban J connectivity index is 2.42. The summed E-state index contributed by atoms with van der Waals surface area (Å²) >= 11 is 0. The van der Waals surface area contributed by atoms with Gasteiger partial charge in [-0.05, 0) is 32.7 Å². The Morgan fingerprint density at radius 3 is 2.62 bits per heavy atom. The van der Waals surface area contributed by atoms with Crippen molar-refractivity contribution in [1.82, 2.24) is 4.90 Å². The lowest BCUT2D eigenvalue weighted by Gasteiger charge is -2.27. The molecule has 0 spiro atoms. The number of hydrogen-bond acceptors (Lipinski definition) is 3. The SMILES string of the molecule is CCCN(CC(C)(N)C#N)C1CC1. The molecule has 1 atom stereocenters. The standard InChI is InChI=1S/C10H19N3/c1-3-6-13(9-4-5-9)8-10(2,12)7-11/h9H,3-6,8,12H2,1-2H3. The van der Waals surface area contributed by atoms with Gasteiger partial charge in [-0.2, -0.15) is 5.26 Å². The Kier molecular flexibility index (Phi) is 3.29. The van der Waals surface area contributed by atoms with Crippen molar-refractivity contribution in [3.05, 3.63) is 0 Å². The molecule has 0 heterocycles. The monoisotopic (exact) mass is 181 g/mol. The fourth-order valence-corrected chi connectivity index (χ4v) is 1.57. The van der Waals surface area contributed by atoms with E-state index in [0.717, 1.165) is 13.0 Å². The highest BCUT2D eigenvalue weighted by molar-refractivity contribution is 5.04. The molecule has 1 saturated carbocycles. The maximum absolute atomic E-state index is 8.81. The maximum Gasteiger partial charge on any atom is 0.114 e. The second-order valence-corrected chi connectivity index (χ2v) is 4.23. The summed E-state index contributed by atoms with van der Waals surface area (Å²) in [6, 6.07) is 2.85. The van der Waals surface area contributed by atoms with Gasteiger partial charge in [-0.15, -0.1) is 0 Å². The van der Waals surface area contributed by atoms with Crippen LogP contribution in [0.4, 0.5) is 0 Å². The molecule has 0 aromatic carbocycles. The molecule has 74 valence electrons. The molecule has 0 bridgehead atoms. The van der Waals surface area contributed by atoms with Gasteiger partial charge in [-0.3, -0.25) is 4.90 Å². The number of rotatable bonds is 5. The molecule has 1 unspecified atom stereocenters. The van der Waals surface area contributed by atoms with E-state index in [9.17, 15) is 0 Å². The molecular formula is C10H19N3. The average Bonchev–Trinajstić information content (AvgIpc) is 2.86. The van der Waals surface area contributed by atoms with E-state index in [2.05, 4.69) is 17.9 Å². The molecule has 1 aliphatic carbocycles. The molecule has 2 N–H and O–H groups in total. The molecule has 0 aromatic heterocycles. The lowest BCUT2D eigenvalue weighted by molar-refractivity contribution is 0.231. The van der Waals surface area contributed by atoms with Gasteiger partial charge >= 0.3 is 0 Å². The molecule has 1 aliphatic rings. The lowest BCUT2D eigenvalue weighted by Crippen LogP contribution is -2.47. The molecule has 0 aliphatic heterocycles. The van der Waals surface area contributed by atoms with E-state index in [1.807, 2.05) is 0 Å². The predicted octanol–water partition coefficient (Wildman–Crippen LogP) is 1.10. The molecule has 0 saturated heterocycles. The van der Waals surface area contributed by atoms with Crippen LogP contribution >= 0.6 is 0 Å². The van der Waals surface area contributed by atoms with Crippen LogP contribution in [-0.4, -0.2) is 29.6 Å². The van der Waals surface area contributed by atoms with Crippen molar-refractivity contribution < 1.29 is 0 Å². The highest BCUT2D eigenvalue weighted by Crippen LogP contribution is 2.27. The van der Waals surface area contributed by atoms with Crippen molar-refractivity contribution in [2.75, 3.05) is 13.1 Å². The number of nitrogens with two attached hydrogens (primary N) is 1. The number of nitrogens with zero attached hydrogens (tertiary/aromatic N) is 2. The van der Waals surface area contributed by atoms with E-state index in [1.165, 1.54) is 12.8 Å². The summed E-state index contributed by atoms with van der Waals surface area (Å²) < 4.78 is 0. The zero-order valence-electron chi connectivity index (χ0n) is 8.58. The van der Waals surface area contributed by atoms with Crippen LogP contribution in [0.1, 0.15) is 33.1 Å². The van der Waals surface area contributed by atoms with Gasteiger partial charge in [-0.25, -0.2) is 0 Å². The molecule has 0 radical (unpaired) electrons. The van der Waals surface area contributed by atoms with Crippen LogP contribution in [0, 0.1) is 11.3 Å². The zero-order chi connectivity index (χ0) is 9.90. The summed E-state index contributed by atoms with van der Waals surface area (Å²) in [7, 11) is 0. The van der Waals surface area contributed by atoms with Crippen molar-refractivity contribution in [3.8, 4) is 6.07 Å². The van der Waals surface area contributed by atoms with Crippen LogP contribution in [0.2, 0.25) is 0 Å². The minimum absolute atomic E-state index is 0.683. The summed E-state index contributed by atoms with van der Waals surface area (Å²) in [6.45, 7) is 5.74. The zero-order valence-corrected chi connectivity index (χ0v) is 8.58. The molecule has 3 nitrogen and oxygen atoms in total. The second-order valence-electron chi connectivity index (χ2n) is 4.23. The fraction of sp³-hybridized carbons (Fsp3) is 0.900. The van der Waals surface area contributed by atoms with E-state index < -0.39 is 5.54 Å². The van der Waals surface area contributed by atoms with Gasteiger partial charge in [0.1, 0.15) is 5.54 Å². The van der Waals surface area contributed by atoms with Crippen molar-refractivity contribution in [2.45, 2.75) is 44.7 Å². The van der Waals surface area contributed by atoms with Crippen LogP contribution in [0.5, 0.6) is 0 Å². The Morgan fingerprint density at radius 2 is 2.23 bits per heavy atom. The van der Waals surface area contributed by atoms with Gasteiger partial charge in [0.25, 0.3) is 0 Å². The average molecular weight is 181 g/mol. The van der Waals surface area contributed by atoms with Crippen molar-refractivity contribution in [2.24, 2.45) is 5.73 Å². The van der Waals surface area contributed by atoms with Gasteiger partial charge < -0.3 is 5.73 Å². The van der Waals surface area contributed by atoms with Crippen LogP contribution in [0.3, 0.4) is 0 Å². The third-order valence-electron chi connectivity index (χ3n) is 2.36. The molecule has 1 fully saturated rings. The van der Waals surface area contributed by atoms with Gasteiger partial charge in [0.2, 0.25) is 0 Å². The highest BCUT2D eigenvalue weighted by atomic mass is 15.2. The quantitative estimate of drug-likeness (QED) is 0.691. The topological polar surface area (TPSA) is 53.0 Å². The van der Waals surface area contributed by atoms with E-state index in [-0.39, 0.29) is 0 Å². The fourth-order valence-electron chi connectivity index (χ4n) is 1.57. The van der Waals surface area contributed by atoms with Gasteiger partial charge in [0.15, 0.2) is 0 Å². The summed E-state index contributed by atoms with van der Waals surface area (Å²) in [5.74, 6) is 0. The summed E-state index contributed by atoms with van der Waals surface area (Å²) in [6.07, 6.45) is 3.70. The highest BCUT2D eigenvalue weighted by Gasteiger charge is 2.32. The van der Waals surface area contributed by atoms with Gasteiger partial charge in [0, 0.05) is 12.6 Å². The molecule has 0 aromatic rings. The molecule has 0 amide bonds. The Labute approximate surface area is 80.5 Å². The van der Waals surface area contributed by atoms with E-state index in [0.29, 0.717) is 12.6 Å². The molecule has 13 heavy (non-hydrogen) atoms. The van der Waals surface area contributed by atoms with Gasteiger partial charge in [-0.1, -0.05) is 6.92 Å². The minimum Gasteiger partial charge on any atom is -0.313 e. The minimum atomic E-state index is -0.683. The van der Waals surface area contributed by atoms with Gasteiger partial charge in [0.05, 0.1) is 6.07 Å². The predicted molar refractivity (Wildman–Crippen MR) is 53.1 cm³/mol. The lowest BCUT2D eigenvalue weighted by atomic mass is 10.1. The normalized spacial score (nSPS) is 21.2. The van der Waals surface area contributed by atoms with E-state index in [4.69, 9.17) is 11.0 Å². The largest absolute Gasteiger partial charge is 0.313 e. The summed E-state index contributed by atoms with van der Waals surface area (Å²) in [5.41, 5.74) is 5.13.